The predicted molar refractivity (Wildman–Crippen MR) is 66.4 cm³/mol. The van der Waals surface area contributed by atoms with Crippen molar-refractivity contribution in [2.24, 2.45) is 0 Å². The zero-order valence-electron chi connectivity index (χ0n) is 10.2. The number of aryl methyl sites for hydroxylation is 1. The summed E-state index contributed by atoms with van der Waals surface area (Å²) in [4.78, 5) is 0. The Bertz CT molecular complexity index is 481. The first-order chi connectivity index (χ1) is 7.98. The summed E-state index contributed by atoms with van der Waals surface area (Å²) >= 11 is 0. The second kappa shape index (κ2) is 4.78. The summed E-state index contributed by atoms with van der Waals surface area (Å²) in [6.07, 6.45) is 5.82. The van der Waals surface area contributed by atoms with Gasteiger partial charge in [0.1, 0.15) is 0 Å². The van der Waals surface area contributed by atoms with E-state index in [1.807, 2.05) is 6.92 Å². The molecule has 0 spiro atoms. The van der Waals surface area contributed by atoms with Crippen LogP contribution in [-0.2, 0) is 16.4 Å². The minimum Gasteiger partial charge on any atom is -0.309 e. The SMILES string of the molecule is Cc1[nH]ncc1CNC1CCCC1S(C)(=O)=O. The molecule has 2 rings (SSSR count). The molecule has 1 saturated carbocycles. The molecule has 0 amide bonds. The van der Waals surface area contributed by atoms with Gasteiger partial charge in [0.2, 0.25) is 0 Å². The maximum Gasteiger partial charge on any atom is 0.151 e. The molecule has 17 heavy (non-hydrogen) atoms. The molecule has 1 heterocycles. The van der Waals surface area contributed by atoms with Gasteiger partial charge in [-0.1, -0.05) is 6.42 Å². The van der Waals surface area contributed by atoms with E-state index in [0.29, 0.717) is 6.54 Å². The van der Waals surface area contributed by atoms with Crippen molar-refractivity contribution >= 4 is 9.84 Å². The van der Waals surface area contributed by atoms with Gasteiger partial charge in [-0.2, -0.15) is 5.10 Å². The van der Waals surface area contributed by atoms with E-state index in [-0.39, 0.29) is 11.3 Å². The van der Waals surface area contributed by atoms with Crippen molar-refractivity contribution in [2.45, 2.75) is 44.0 Å². The maximum absolute atomic E-state index is 11.6. The van der Waals surface area contributed by atoms with E-state index in [1.54, 1.807) is 6.20 Å². The molecule has 5 nitrogen and oxygen atoms in total. The van der Waals surface area contributed by atoms with Crippen molar-refractivity contribution in [1.82, 2.24) is 15.5 Å². The van der Waals surface area contributed by atoms with Gasteiger partial charge in [0.25, 0.3) is 0 Å². The van der Waals surface area contributed by atoms with Crippen LogP contribution in [0, 0.1) is 6.92 Å². The van der Waals surface area contributed by atoms with Gasteiger partial charge >= 0.3 is 0 Å². The number of aromatic nitrogens is 2. The highest BCUT2D eigenvalue weighted by Gasteiger charge is 2.34. The summed E-state index contributed by atoms with van der Waals surface area (Å²) in [6, 6.07) is 0.0827. The molecule has 0 radical (unpaired) electrons. The van der Waals surface area contributed by atoms with Crippen LogP contribution in [0.3, 0.4) is 0 Å². The van der Waals surface area contributed by atoms with Gasteiger partial charge in [-0.3, -0.25) is 5.10 Å². The molecular weight excluding hydrogens is 238 g/mol. The van der Waals surface area contributed by atoms with Gasteiger partial charge in [0.05, 0.1) is 11.4 Å². The van der Waals surface area contributed by atoms with E-state index in [0.717, 1.165) is 30.5 Å². The minimum atomic E-state index is -2.94. The summed E-state index contributed by atoms with van der Waals surface area (Å²) in [5, 5.41) is 9.94. The Labute approximate surface area is 102 Å². The molecule has 0 aliphatic heterocycles. The molecule has 1 fully saturated rings. The first-order valence-electron chi connectivity index (χ1n) is 5.89. The van der Waals surface area contributed by atoms with Crippen LogP contribution < -0.4 is 5.32 Å². The smallest absolute Gasteiger partial charge is 0.151 e. The van der Waals surface area contributed by atoms with Crippen molar-refractivity contribution < 1.29 is 8.42 Å². The predicted octanol–water partition coefficient (Wildman–Crippen LogP) is 0.773. The highest BCUT2D eigenvalue weighted by atomic mass is 32.2. The maximum atomic E-state index is 11.6. The molecule has 6 heteroatoms. The fourth-order valence-electron chi connectivity index (χ4n) is 2.47. The fourth-order valence-corrected chi connectivity index (χ4v) is 3.89. The van der Waals surface area contributed by atoms with E-state index in [9.17, 15) is 8.42 Å². The van der Waals surface area contributed by atoms with Crippen molar-refractivity contribution in [3.05, 3.63) is 17.5 Å². The molecule has 0 bridgehead atoms. The number of H-pyrrole nitrogens is 1. The summed E-state index contributed by atoms with van der Waals surface area (Å²) < 4.78 is 23.2. The van der Waals surface area contributed by atoms with Gasteiger partial charge in [0, 0.05) is 30.1 Å². The second-order valence-corrected chi connectivity index (χ2v) is 7.07. The van der Waals surface area contributed by atoms with E-state index < -0.39 is 9.84 Å². The average Bonchev–Trinajstić information content (AvgIpc) is 2.82. The Morgan fingerprint density at radius 2 is 2.29 bits per heavy atom. The van der Waals surface area contributed by atoms with Crippen LogP contribution in [0.5, 0.6) is 0 Å². The van der Waals surface area contributed by atoms with Crippen LogP contribution in [0.4, 0.5) is 0 Å². The van der Waals surface area contributed by atoms with Crippen LogP contribution in [0.25, 0.3) is 0 Å². The average molecular weight is 257 g/mol. The number of aromatic amines is 1. The van der Waals surface area contributed by atoms with E-state index >= 15 is 0 Å². The van der Waals surface area contributed by atoms with Crippen molar-refractivity contribution in [2.75, 3.05) is 6.26 Å². The highest BCUT2D eigenvalue weighted by molar-refractivity contribution is 7.91. The molecule has 0 saturated heterocycles. The Hall–Kier alpha value is -0.880. The van der Waals surface area contributed by atoms with E-state index in [4.69, 9.17) is 0 Å². The number of nitrogens with one attached hydrogen (secondary N) is 2. The normalized spacial score (nSPS) is 25.3. The summed E-state index contributed by atoms with van der Waals surface area (Å²) in [5.41, 5.74) is 2.13. The number of nitrogens with zero attached hydrogens (tertiary/aromatic N) is 1. The number of hydrogen-bond acceptors (Lipinski definition) is 4. The number of hydrogen-bond donors (Lipinski definition) is 2. The van der Waals surface area contributed by atoms with E-state index in [2.05, 4.69) is 15.5 Å². The van der Waals surface area contributed by atoms with Crippen LogP contribution in [0.15, 0.2) is 6.20 Å². The lowest BCUT2D eigenvalue weighted by Gasteiger charge is -2.19. The highest BCUT2D eigenvalue weighted by Crippen LogP contribution is 2.25. The summed E-state index contributed by atoms with van der Waals surface area (Å²) in [7, 11) is -2.94. The Kier molecular flexibility index (Phi) is 3.53. The van der Waals surface area contributed by atoms with Gasteiger partial charge in [-0.25, -0.2) is 8.42 Å². The lowest BCUT2D eigenvalue weighted by atomic mass is 10.2. The lowest BCUT2D eigenvalue weighted by molar-refractivity contribution is 0.507. The van der Waals surface area contributed by atoms with E-state index in [1.165, 1.54) is 6.26 Å². The van der Waals surface area contributed by atoms with Crippen molar-refractivity contribution in [3.63, 3.8) is 0 Å². The fraction of sp³-hybridized carbons (Fsp3) is 0.727. The molecule has 2 unspecified atom stereocenters. The van der Waals surface area contributed by atoms with Crippen LogP contribution in [0.2, 0.25) is 0 Å². The largest absolute Gasteiger partial charge is 0.309 e. The van der Waals surface area contributed by atoms with Crippen LogP contribution in [0.1, 0.15) is 30.5 Å². The lowest BCUT2D eigenvalue weighted by Crippen LogP contribution is -2.39. The van der Waals surface area contributed by atoms with Crippen LogP contribution in [-0.4, -0.2) is 36.2 Å². The molecular formula is C11H19N3O2S. The second-order valence-electron chi connectivity index (χ2n) is 4.81. The summed E-state index contributed by atoms with van der Waals surface area (Å²) in [5.74, 6) is 0. The molecule has 2 N–H and O–H groups in total. The molecule has 2 atom stereocenters. The minimum absolute atomic E-state index is 0.0827. The topological polar surface area (TPSA) is 74.8 Å². The number of sulfone groups is 1. The van der Waals surface area contributed by atoms with Crippen molar-refractivity contribution in [3.8, 4) is 0 Å². The summed E-state index contributed by atoms with van der Waals surface area (Å²) in [6.45, 7) is 2.64. The third-order valence-corrected chi connectivity index (χ3v) is 5.16. The number of rotatable bonds is 4. The standard InChI is InChI=1S/C11H19N3O2S/c1-8-9(7-13-14-8)6-12-10-4-3-5-11(10)17(2,15)16/h7,10-12H,3-6H2,1-2H3,(H,13,14). The third kappa shape index (κ3) is 2.87. The Morgan fingerprint density at radius 3 is 2.88 bits per heavy atom. The van der Waals surface area contributed by atoms with Crippen LogP contribution >= 0.6 is 0 Å². The molecule has 1 aromatic heterocycles. The van der Waals surface area contributed by atoms with Gasteiger partial charge in [-0.05, 0) is 19.8 Å². The first-order valence-corrected chi connectivity index (χ1v) is 7.85. The van der Waals surface area contributed by atoms with Crippen molar-refractivity contribution in [1.29, 1.82) is 0 Å². The third-order valence-electron chi connectivity index (χ3n) is 3.49. The van der Waals surface area contributed by atoms with Gasteiger partial charge in [0.15, 0.2) is 9.84 Å². The molecule has 1 aromatic rings. The molecule has 1 aliphatic rings. The van der Waals surface area contributed by atoms with Gasteiger partial charge in [-0.15, -0.1) is 0 Å². The monoisotopic (exact) mass is 257 g/mol. The zero-order chi connectivity index (χ0) is 12.5. The molecule has 1 aliphatic carbocycles. The molecule has 96 valence electrons. The Balaban J connectivity index is 1.98. The zero-order valence-corrected chi connectivity index (χ0v) is 11.0. The van der Waals surface area contributed by atoms with Gasteiger partial charge < -0.3 is 5.32 Å². The quantitative estimate of drug-likeness (QED) is 0.835. The Morgan fingerprint density at radius 1 is 1.53 bits per heavy atom. The molecule has 0 aromatic carbocycles. The first kappa shape index (κ1) is 12.6.